The number of methoxy groups -OCH3 is 1. The maximum Gasteiger partial charge on any atom is 0.407 e. The average Bonchev–Trinajstić information content (AvgIpc) is 2.78. The van der Waals surface area contributed by atoms with Crippen LogP contribution in [0.25, 0.3) is 0 Å². The fourth-order valence-corrected chi connectivity index (χ4v) is 3.48. The van der Waals surface area contributed by atoms with Crippen LogP contribution in [-0.4, -0.2) is 46.8 Å². The zero-order valence-electron chi connectivity index (χ0n) is 22.1. The Labute approximate surface area is 215 Å². The van der Waals surface area contributed by atoms with Crippen LogP contribution in [0.3, 0.4) is 0 Å². The van der Waals surface area contributed by atoms with Gasteiger partial charge in [-0.25, -0.2) is 23.5 Å². The predicted octanol–water partition coefficient (Wildman–Crippen LogP) is 4.88. The number of halogens is 2. The number of amides is 2. The van der Waals surface area contributed by atoms with Crippen molar-refractivity contribution in [3.8, 4) is 5.88 Å². The van der Waals surface area contributed by atoms with Crippen molar-refractivity contribution in [2.75, 3.05) is 17.7 Å². The van der Waals surface area contributed by atoms with Crippen molar-refractivity contribution in [3.05, 3.63) is 35.5 Å². The van der Waals surface area contributed by atoms with Gasteiger partial charge in [0, 0.05) is 18.2 Å². The van der Waals surface area contributed by atoms with Crippen molar-refractivity contribution in [2.24, 2.45) is 5.73 Å². The summed E-state index contributed by atoms with van der Waals surface area (Å²) >= 11 is 0. The number of alkyl carbamates (subject to hydrolysis) is 1. The highest BCUT2D eigenvalue weighted by atomic mass is 19.1. The molecule has 0 unspecified atom stereocenters. The van der Waals surface area contributed by atoms with E-state index in [0.717, 1.165) is 31.4 Å². The van der Waals surface area contributed by atoms with Crippen LogP contribution in [0.5, 0.6) is 5.88 Å². The number of anilines is 3. The van der Waals surface area contributed by atoms with Gasteiger partial charge in [-0.05, 0) is 40.2 Å². The molecule has 2 amide bonds. The Balaban J connectivity index is 2.35. The molecule has 2 aromatic rings. The third-order valence-corrected chi connectivity index (χ3v) is 5.29. The molecule has 2 heterocycles. The van der Waals surface area contributed by atoms with E-state index in [1.807, 2.05) is 0 Å². The first-order valence-electron chi connectivity index (χ1n) is 12.1. The Morgan fingerprint density at radius 3 is 2.41 bits per heavy atom. The summed E-state index contributed by atoms with van der Waals surface area (Å²) in [6.45, 7) is 9.10. The summed E-state index contributed by atoms with van der Waals surface area (Å²) in [4.78, 5) is 32.3. The molecule has 0 radical (unpaired) electrons. The smallest absolute Gasteiger partial charge is 0.407 e. The van der Waals surface area contributed by atoms with Gasteiger partial charge in [-0.1, -0.05) is 26.2 Å². The molecule has 37 heavy (non-hydrogen) atoms. The number of nitrogens with two attached hydrogens (primary N) is 1. The number of pyridine rings is 2. The molecule has 0 bridgehead atoms. The Hall–Kier alpha value is -3.70. The second kappa shape index (κ2) is 13.0. The number of aromatic nitrogens is 2. The van der Waals surface area contributed by atoms with E-state index in [0.29, 0.717) is 6.42 Å². The number of carbonyl (C=O) groups is 2. The van der Waals surface area contributed by atoms with Gasteiger partial charge in [0.25, 0.3) is 5.91 Å². The zero-order valence-corrected chi connectivity index (χ0v) is 22.1. The second-order valence-corrected chi connectivity index (χ2v) is 9.60. The highest BCUT2D eigenvalue weighted by Gasteiger charge is 2.25. The van der Waals surface area contributed by atoms with Crippen LogP contribution < -0.4 is 26.4 Å². The van der Waals surface area contributed by atoms with E-state index in [1.165, 1.54) is 13.3 Å². The highest BCUT2D eigenvalue weighted by Crippen LogP contribution is 2.26. The molecule has 0 aliphatic rings. The average molecular weight is 523 g/mol. The third-order valence-electron chi connectivity index (χ3n) is 5.29. The first kappa shape index (κ1) is 29.5. The Morgan fingerprint density at radius 1 is 1.14 bits per heavy atom. The topological polar surface area (TPSA) is 140 Å². The number of nitrogens with one attached hydrogen (secondary N) is 3. The van der Waals surface area contributed by atoms with E-state index in [1.54, 1.807) is 27.7 Å². The number of unbranched alkanes of at least 4 members (excludes halogenated alkanes) is 2. The van der Waals surface area contributed by atoms with Gasteiger partial charge in [-0.15, -0.1) is 0 Å². The van der Waals surface area contributed by atoms with Crippen LogP contribution in [0.2, 0.25) is 0 Å². The first-order chi connectivity index (χ1) is 17.3. The molecule has 0 saturated heterocycles. The summed E-state index contributed by atoms with van der Waals surface area (Å²) in [5.74, 6) is -2.97. The van der Waals surface area contributed by atoms with E-state index in [-0.39, 0.29) is 28.8 Å². The molecule has 2 atom stereocenters. The van der Waals surface area contributed by atoms with E-state index >= 15 is 4.39 Å². The predicted molar refractivity (Wildman–Crippen MR) is 137 cm³/mol. The van der Waals surface area contributed by atoms with Gasteiger partial charge in [0.2, 0.25) is 5.88 Å². The Bertz CT molecular complexity index is 1090. The molecular formula is C25H36F2N6O4. The molecule has 10 nitrogen and oxygen atoms in total. The van der Waals surface area contributed by atoms with Gasteiger partial charge in [-0.3, -0.25) is 4.79 Å². The summed E-state index contributed by atoms with van der Waals surface area (Å²) in [5.41, 5.74) is 4.65. The summed E-state index contributed by atoms with van der Waals surface area (Å²) in [6.07, 6.45) is 4.00. The minimum absolute atomic E-state index is 0.0946. The molecular weight excluding hydrogens is 486 g/mol. The standard InChI is InChI=1S/C25H36F2N6O4/c1-7-8-9-10-19(14(2)30-24(35)37-25(3,4)5)32-22-17(26)12-16(20(28)34)21(33-22)31-15-11-18(27)23(36-6)29-13-15/h11-14,19H,7-10H2,1-6H3,(H2,28,34)(H,30,35)(H2,31,32,33)/t14-,19+/m0/s1. The van der Waals surface area contributed by atoms with Gasteiger partial charge in [0.1, 0.15) is 11.4 Å². The van der Waals surface area contributed by atoms with Crippen molar-refractivity contribution in [3.63, 3.8) is 0 Å². The normalized spacial score (nSPS) is 12.9. The van der Waals surface area contributed by atoms with Crippen molar-refractivity contribution < 1.29 is 27.8 Å². The summed E-state index contributed by atoms with van der Waals surface area (Å²) < 4.78 is 39.3. The second-order valence-electron chi connectivity index (χ2n) is 9.60. The fraction of sp³-hybridized carbons (Fsp3) is 0.520. The molecule has 2 rings (SSSR count). The van der Waals surface area contributed by atoms with E-state index < -0.39 is 41.3 Å². The molecule has 0 fully saturated rings. The third kappa shape index (κ3) is 9.03. The Kier molecular flexibility index (Phi) is 10.4. The SMILES string of the molecule is CCCCC[C@@H](Nc1nc(Nc2cnc(OC)c(F)c2)c(C(N)=O)cc1F)[C@H](C)NC(=O)OC(C)(C)C. The maximum absolute atomic E-state index is 15.0. The molecule has 0 saturated carbocycles. The van der Waals surface area contributed by atoms with Gasteiger partial charge >= 0.3 is 6.09 Å². The number of primary amides is 1. The number of hydrogen-bond acceptors (Lipinski definition) is 8. The summed E-state index contributed by atoms with van der Waals surface area (Å²) in [6, 6.07) is 1.16. The van der Waals surface area contributed by atoms with Crippen LogP contribution in [0, 0.1) is 11.6 Å². The molecule has 0 spiro atoms. The largest absolute Gasteiger partial charge is 0.479 e. The van der Waals surface area contributed by atoms with E-state index in [9.17, 15) is 14.0 Å². The quantitative estimate of drug-likeness (QED) is 0.289. The summed E-state index contributed by atoms with van der Waals surface area (Å²) in [7, 11) is 1.28. The fourth-order valence-electron chi connectivity index (χ4n) is 3.48. The zero-order chi connectivity index (χ0) is 27.8. The minimum Gasteiger partial charge on any atom is -0.479 e. The molecule has 0 aliphatic heterocycles. The van der Waals surface area contributed by atoms with Crippen molar-refractivity contribution in [1.29, 1.82) is 0 Å². The monoisotopic (exact) mass is 522 g/mol. The van der Waals surface area contributed by atoms with Gasteiger partial charge in [0.05, 0.1) is 24.6 Å². The van der Waals surface area contributed by atoms with E-state index in [4.69, 9.17) is 15.2 Å². The van der Waals surface area contributed by atoms with Crippen molar-refractivity contribution >= 4 is 29.3 Å². The van der Waals surface area contributed by atoms with Crippen molar-refractivity contribution in [1.82, 2.24) is 15.3 Å². The van der Waals surface area contributed by atoms with Crippen LogP contribution in [0.4, 0.5) is 30.9 Å². The summed E-state index contributed by atoms with van der Waals surface area (Å²) in [5, 5.41) is 8.58. The van der Waals surface area contributed by atoms with E-state index in [2.05, 4.69) is 32.8 Å². The molecule has 2 aromatic heterocycles. The Morgan fingerprint density at radius 2 is 1.84 bits per heavy atom. The van der Waals surface area contributed by atoms with Crippen molar-refractivity contribution in [2.45, 2.75) is 78.0 Å². The molecule has 0 aromatic carbocycles. The lowest BCUT2D eigenvalue weighted by atomic mass is 10.0. The molecule has 12 heteroatoms. The number of nitrogens with zero attached hydrogens (tertiary/aromatic N) is 2. The van der Waals surface area contributed by atoms with Crippen LogP contribution in [0.15, 0.2) is 18.3 Å². The number of carbonyl (C=O) groups excluding carboxylic acids is 2. The molecule has 0 aliphatic carbocycles. The van der Waals surface area contributed by atoms with Gasteiger partial charge < -0.3 is 31.2 Å². The van der Waals surface area contributed by atoms with Gasteiger partial charge in [-0.2, -0.15) is 0 Å². The van der Waals surface area contributed by atoms with Gasteiger partial charge in [0.15, 0.2) is 17.5 Å². The lowest BCUT2D eigenvalue weighted by molar-refractivity contribution is 0.0502. The lowest BCUT2D eigenvalue weighted by Gasteiger charge is -2.28. The number of rotatable bonds is 12. The minimum atomic E-state index is -0.929. The lowest BCUT2D eigenvalue weighted by Crippen LogP contribution is -2.46. The highest BCUT2D eigenvalue weighted by molar-refractivity contribution is 5.98. The molecule has 5 N–H and O–H groups in total. The first-order valence-corrected chi connectivity index (χ1v) is 12.1. The van der Waals surface area contributed by atoms with Crippen LogP contribution in [-0.2, 0) is 4.74 Å². The van der Waals surface area contributed by atoms with Crippen LogP contribution in [0.1, 0.15) is 70.7 Å². The number of ether oxygens (including phenoxy) is 2. The maximum atomic E-state index is 15.0. The number of hydrogen-bond donors (Lipinski definition) is 4. The van der Waals surface area contributed by atoms with Crippen LogP contribution >= 0.6 is 0 Å². The molecule has 204 valence electrons.